The molecule has 8 heteroatoms. The summed E-state index contributed by atoms with van der Waals surface area (Å²) < 4.78 is 1.41. The Morgan fingerprint density at radius 1 is 0.688 bits per heavy atom. The van der Waals surface area contributed by atoms with Crippen LogP contribution >= 0.6 is 0 Å². The van der Waals surface area contributed by atoms with E-state index in [1.165, 1.54) is 4.68 Å². The lowest BCUT2D eigenvalue weighted by molar-refractivity contribution is 0.0846. The average molecular weight is 425 g/mol. The number of imide groups is 1. The van der Waals surface area contributed by atoms with Gasteiger partial charge in [0.2, 0.25) is 0 Å². The monoisotopic (exact) mass is 425 g/mol. The van der Waals surface area contributed by atoms with Crippen molar-refractivity contribution in [2.75, 3.05) is 5.32 Å². The van der Waals surface area contributed by atoms with Crippen LogP contribution in [0, 0.1) is 0 Å². The molecule has 4 aromatic rings. The highest BCUT2D eigenvalue weighted by atomic mass is 16.2. The Kier molecular flexibility index (Phi) is 6.12. The highest BCUT2D eigenvalue weighted by Crippen LogP contribution is 2.17. The summed E-state index contributed by atoms with van der Waals surface area (Å²) in [5.74, 6) is -1.67. The molecule has 1 aromatic heterocycles. The van der Waals surface area contributed by atoms with E-state index in [2.05, 4.69) is 20.9 Å². The lowest BCUT2D eigenvalue weighted by Gasteiger charge is -2.10. The van der Waals surface area contributed by atoms with Crippen LogP contribution in [0.5, 0.6) is 0 Å². The summed E-state index contributed by atoms with van der Waals surface area (Å²) in [6.07, 6.45) is 0. The van der Waals surface area contributed by atoms with Gasteiger partial charge in [-0.3, -0.25) is 19.7 Å². The molecular weight excluding hydrogens is 406 g/mol. The molecule has 1 heterocycles. The van der Waals surface area contributed by atoms with Crippen LogP contribution in [0.4, 0.5) is 5.82 Å². The minimum absolute atomic E-state index is 0.0982. The number of anilines is 1. The lowest BCUT2D eigenvalue weighted by atomic mass is 10.2. The fourth-order valence-electron chi connectivity index (χ4n) is 3.05. The van der Waals surface area contributed by atoms with E-state index in [0.29, 0.717) is 11.1 Å². The van der Waals surface area contributed by atoms with Gasteiger partial charge in [-0.2, -0.15) is 0 Å². The fourth-order valence-corrected chi connectivity index (χ4v) is 3.05. The second-order valence-electron chi connectivity index (χ2n) is 6.90. The number of nitrogens with zero attached hydrogens (tertiary/aromatic N) is 3. The van der Waals surface area contributed by atoms with Gasteiger partial charge in [-0.25, -0.2) is 4.68 Å². The highest BCUT2D eigenvalue weighted by molar-refractivity contribution is 6.13. The first-order chi connectivity index (χ1) is 15.6. The Hall–Kier alpha value is -4.59. The Labute approximate surface area is 183 Å². The van der Waals surface area contributed by atoms with Crippen LogP contribution in [0.3, 0.4) is 0 Å². The quantitative estimate of drug-likeness (QED) is 0.462. The van der Waals surface area contributed by atoms with Crippen LogP contribution in [0.2, 0.25) is 0 Å². The van der Waals surface area contributed by atoms with E-state index < -0.39 is 17.7 Å². The van der Waals surface area contributed by atoms with Crippen molar-refractivity contribution in [3.63, 3.8) is 0 Å². The van der Waals surface area contributed by atoms with Crippen LogP contribution in [0.15, 0.2) is 91.0 Å². The van der Waals surface area contributed by atoms with Crippen molar-refractivity contribution in [1.82, 2.24) is 20.3 Å². The van der Waals surface area contributed by atoms with Crippen molar-refractivity contribution < 1.29 is 14.4 Å². The van der Waals surface area contributed by atoms with Gasteiger partial charge in [0.1, 0.15) is 0 Å². The largest absolute Gasteiger partial charge is 0.305 e. The van der Waals surface area contributed by atoms with Crippen LogP contribution in [0.1, 0.15) is 36.8 Å². The number of hydrogen-bond donors (Lipinski definition) is 2. The standard InChI is InChI=1S/C24H19N5O3/c30-22(18-12-6-2-7-13-18)25-21-20(24(32)26-23(31)19-14-8-3-9-15-19)27-28-29(21)16-17-10-4-1-5-11-17/h1-15H,16H2,(H,25,30)(H,26,31,32). The molecule has 32 heavy (non-hydrogen) atoms. The summed E-state index contributed by atoms with van der Waals surface area (Å²) in [7, 11) is 0. The first-order valence-electron chi connectivity index (χ1n) is 9.86. The van der Waals surface area contributed by atoms with Crippen molar-refractivity contribution in [1.29, 1.82) is 0 Å². The van der Waals surface area contributed by atoms with E-state index in [9.17, 15) is 14.4 Å². The predicted molar refractivity (Wildman–Crippen MR) is 118 cm³/mol. The van der Waals surface area contributed by atoms with Gasteiger partial charge in [0, 0.05) is 11.1 Å². The van der Waals surface area contributed by atoms with E-state index in [1.807, 2.05) is 30.3 Å². The molecule has 0 fully saturated rings. The zero-order chi connectivity index (χ0) is 22.3. The number of carbonyl (C=O) groups excluding carboxylic acids is 3. The number of benzene rings is 3. The molecule has 0 saturated heterocycles. The van der Waals surface area contributed by atoms with E-state index in [-0.39, 0.29) is 18.1 Å². The van der Waals surface area contributed by atoms with Gasteiger partial charge >= 0.3 is 0 Å². The molecule has 0 bridgehead atoms. The second kappa shape index (κ2) is 9.48. The number of amides is 3. The molecule has 0 atom stereocenters. The maximum absolute atomic E-state index is 12.8. The molecule has 0 aliphatic heterocycles. The van der Waals surface area contributed by atoms with Crippen molar-refractivity contribution in [3.8, 4) is 0 Å². The molecule has 158 valence electrons. The molecule has 0 unspecified atom stereocenters. The number of carbonyl (C=O) groups is 3. The molecular formula is C24H19N5O3. The van der Waals surface area contributed by atoms with Crippen LogP contribution in [-0.2, 0) is 6.54 Å². The Morgan fingerprint density at radius 2 is 1.22 bits per heavy atom. The highest BCUT2D eigenvalue weighted by Gasteiger charge is 2.24. The van der Waals surface area contributed by atoms with Crippen LogP contribution in [-0.4, -0.2) is 32.7 Å². The molecule has 3 amide bonds. The van der Waals surface area contributed by atoms with Crippen molar-refractivity contribution in [2.24, 2.45) is 0 Å². The maximum Gasteiger partial charge on any atom is 0.282 e. The first kappa shape index (κ1) is 20.7. The average Bonchev–Trinajstić information content (AvgIpc) is 3.22. The topological polar surface area (TPSA) is 106 Å². The molecule has 3 aromatic carbocycles. The summed E-state index contributed by atoms with van der Waals surface area (Å²) in [6, 6.07) is 26.3. The summed E-state index contributed by atoms with van der Waals surface area (Å²) in [5.41, 5.74) is 1.48. The van der Waals surface area contributed by atoms with Gasteiger partial charge in [0.25, 0.3) is 17.7 Å². The molecule has 2 N–H and O–H groups in total. The third kappa shape index (κ3) is 4.76. The zero-order valence-electron chi connectivity index (χ0n) is 16.9. The molecule has 0 spiro atoms. The van der Waals surface area contributed by atoms with Crippen molar-refractivity contribution >= 4 is 23.5 Å². The summed E-state index contributed by atoms with van der Waals surface area (Å²) >= 11 is 0. The summed E-state index contributed by atoms with van der Waals surface area (Å²) in [5, 5.41) is 13.0. The SMILES string of the molecule is O=C(NC(=O)c1nnn(Cc2ccccc2)c1NC(=O)c1ccccc1)c1ccccc1. The Balaban J connectivity index is 1.63. The number of nitrogens with one attached hydrogen (secondary N) is 2. The van der Waals surface area contributed by atoms with E-state index >= 15 is 0 Å². The van der Waals surface area contributed by atoms with Gasteiger partial charge in [-0.15, -0.1) is 5.10 Å². The van der Waals surface area contributed by atoms with Gasteiger partial charge in [-0.1, -0.05) is 71.9 Å². The molecule has 0 saturated carbocycles. The normalized spacial score (nSPS) is 10.4. The van der Waals surface area contributed by atoms with E-state index in [0.717, 1.165) is 5.56 Å². The second-order valence-corrected chi connectivity index (χ2v) is 6.90. The minimum atomic E-state index is -0.762. The van der Waals surface area contributed by atoms with E-state index in [1.54, 1.807) is 60.7 Å². The third-order valence-corrected chi connectivity index (χ3v) is 4.66. The molecule has 8 nitrogen and oxygen atoms in total. The third-order valence-electron chi connectivity index (χ3n) is 4.66. The maximum atomic E-state index is 12.8. The Morgan fingerprint density at radius 3 is 1.81 bits per heavy atom. The predicted octanol–water partition coefficient (Wildman–Crippen LogP) is 3.15. The van der Waals surface area contributed by atoms with Gasteiger partial charge in [0.15, 0.2) is 11.5 Å². The summed E-state index contributed by atoms with van der Waals surface area (Å²) in [4.78, 5) is 38.0. The molecule has 0 aliphatic rings. The van der Waals surface area contributed by atoms with Gasteiger partial charge in [0.05, 0.1) is 6.54 Å². The molecule has 4 rings (SSSR count). The van der Waals surface area contributed by atoms with E-state index in [4.69, 9.17) is 0 Å². The Bertz CT molecular complexity index is 1240. The van der Waals surface area contributed by atoms with Crippen LogP contribution in [0.25, 0.3) is 0 Å². The lowest BCUT2D eigenvalue weighted by Crippen LogP contribution is -2.31. The first-order valence-corrected chi connectivity index (χ1v) is 9.86. The fraction of sp³-hybridized carbons (Fsp3) is 0.0417. The van der Waals surface area contributed by atoms with Crippen LogP contribution < -0.4 is 10.6 Å². The summed E-state index contributed by atoms with van der Waals surface area (Å²) in [6.45, 7) is 0.276. The minimum Gasteiger partial charge on any atom is -0.305 e. The zero-order valence-corrected chi connectivity index (χ0v) is 16.9. The number of aromatic nitrogens is 3. The molecule has 0 radical (unpaired) electrons. The van der Waals surface area contributed by atoms with Crippen molar-refractivity contribution in [2.45, 2.75) is 6.54 Å². The number of rotatable bonds is 6. The number of hydrogen-bond acceptors (Lipinski definition) is 5. The molecule has 0 aliphatic carbocycles. The van der Waals surface area contributed by atoms with Gasteiger partial charge < -0.3 is 5.32 Å². The van der Waals surface area contributed by atoms with Crippen molar-refractivity contribution in [3.05, 3.63) is 113 Å². The van der Waals surface area contributed by atoms with Gasteiger partial charge in [-0.05, 0) is 29.8 Å². The smallest absolute Gasteiger partial charge is 0.282 e.